The highest BCUT2D eigenvalue weighted by Crippen LogP contribution is 2.38. The quantitative estimate of drug-likeness (QED) is 0.158. The molecule has 4 aromatic carbocycles. The van der Waals surface area contributed by atoms with Crippen LogP contribution in [-0.2, 0) is 16.1 Å². The summed E-state index contributed by atoms with van der Waals surface area (Å²) in [7, 11) is 3.11. The van der Waals surface area contributed by atoms with Gasteiger partial charge in [-0.2, -0.15) is 5.26 Å². The van der Waals surface area contributed by atoms with Gasteiger partial charge < -0.3 is 18.9 Å². The van der Waals surface area contributed by atoms with Crippen molar-refractivity contribution in [3.63, 3.8) is 0 Å². The van der Waals surface area contributed by atoms with Crippen LogP contribution in [0.4, 0.5) is 0 Å². The van der Waals surface area contributed by atoms with Crippen LogP contribution in [-0.4, -0.2) is 31.4 Å². The number of nitriles is 1. The second-order valence-electron chi connectivity index (χ2n) is 10.8. The lowest BCUT2D eigenvalue weighted by molar-refractivity contribution is -0.138. The van der Waals surface area contributed by atoms with Crippen molar-refractivity contribution in [3.8, 4) is 23.3 Å². The molecule has 1 aliphatic heterocycles. The number of esters is 1. The molecule has 0 bridgehead atoms. The van der Waals surface area contributed by atoms with Crippen LogP contribution in [0.1, 0.15) is 40.8 Å². The van der Waals surface area contributed by atoms with Crippen LogP contribution >= 0.6 is 27.3 Å². The van der Waals surface area contributed by atoms with Crippen molar-refractivity contribution < 1.29 is 23.7 Å². The minimum Gasteiger partial charge on any atom is -0.497 e. The first-order chi connectivity index (χ1) is 23.9. The number of fused-ring (bicyclic) bond motifs is 1. The Hall–Kier alpha value is -5.44. The normalized spacial score (nSPS) is 14.0. The van der Waals surface area contributed by atoms with Crippen molar-refractivity contribution in [1.82, 2.24) is 4.57 Å². The summed E-state index contributed by atoms with van der Waals surface area (Å²) in [6.45, 7) is 2.06. The summed E-state index contributed by atoms with van der Waals surface area (Å²) in [4.78, 5) is 33.3. The number of hydrogen-bond donors (Lipinski definition) is 0. The van der Waals surface area contributed by atoms with Crippen LogP contribution in [0.15, 0.2) is 111 Å². The van der Waals surface area contributed by atoms with Crippen LogP contribution < -0.4 is 29.1 Å². The minimum absolute atomic E-state index is 0.158. The highest BCUT2D eigenvalue weighted by atomic mass is 79.9. The van der Waals surface area contributed by atoms with E-state index in [0.29, 0.717) is 53.4 Å². The van der Waals surface area contributed by atoms with Crippen molar-refractivity contribution in [3.05, 3.63) is 149 Å². The minimum atomic E-state index is -0.813. The number of thiazole rings is 1. The second-order valence-corrected chi connectivity index (χ2v) is 12.7. The zero-order valence-corrected chi connectivity index (χ0v) is 29.2. The molecular weight excluding hydrogens is 706 g/mol. The molecule has 6 rings (SSSR count). The fourth-order valence-corrected chi connectivity index (χ4v) is 7.14. The molecule has 2 heterocycles. The smallest absolute Gasteiger partial charge is 0.338 e. The van der Waals surface area contributed by atoms with Gasteiger partial charge >= 0.3 is 5.97 Å². The van der Waals surface area contributed by atoms with Crippen LogP contribution in [0.5, 0.6) is 17.2 Å². The summed E-state index contributed by atoms with van der Waals surface area (Å²) in [6.07, 6.45) is 1.76. The number of aromatic nitrogens is 1. The Morgan fingerprint density at radius 3 is 2.45 bits per heavy atom. The van der Waals surface area contributed by atoms with E-state index < -0.39 is 12.0 Å². The van der Waals surface area contributed by atoms with Crippen molar-refractivity contribution >= 4 is 45.0 Å². The molecule has 0 saturated heterocycles. The summed E-state index contributed by atoms with van der Waals surface area (Å²) in [5.74, 6) is 0.985. The SMILES string of the molecule is CCOC(=O)C1=C(c2ccccc2)N=c2s/c(=C\c3cc(Br)c(OCc4ccccc4C#N)c(OC)c3)c(=O)n2[C@H]1c1ccc(OC)cc1. The molecule has 0 saturated carbocycles. The summed E-state index contributed by atoms with van der Waals surface area (Å²) < 4.78 is 25.3. The van der Waals surface area contributed by atoms with Crippen molar-refractivity contribution in [2.75, 3.05) is 20.8 Å². The molecule has 1 aliphatic rings. The van der Waals surface area contributed by atoms with Gasteiger partial charge in [0.15, 0.2) is 16.3 Å². The third kappa shape index (κ3) is 6.79. The van der Waals surface area contributed by atoms with Gasteiger partial charge in [-0.3, -0.25) is 9.36 Å². The molecule has 9 nitrogen and oxygen atoms in total. The highest BCUT2D eigenvalue weighted by molar-refractivity contribution is 9.10. The molecule has 0 spiro atoms. The molecule has 5 aromatic rings. The van der Waals surface area contributed by atoms with E-state index in [-0.39, 0.29) is 24.3 Å². The lowest BCUT2D eigenvalue weighted by Gasteiger charge is -2.26. The first-order valence-electron chi connectivity index (χ1n) is 15.3. The van der Waals surface area contributed by atoms with E-state index in [4.69, 9.17) is 23.9 Å². The summed E-state index contributed by atoms with van der Waals surface area (Å²) in [5.41, 5.74) is 3.76. The van der Waals surface area contributed by atoms with Gasteiger partial charge in [-0.05, 0) is 70.4 Å². The number of carbonyl (C=O) groups excluding carboxylic acids is 1. The van der Waals surface area contributed by atoms with Crippen molar-refractivity contribution in [2.24, 2.45) is 4.99 Å². The Bertz CT molecular complexity index is 2290. The number of nitrogens with zero attached hydrogens (tertiary/aromatic N) is 3. The summed E-state index contributed by atoms with van der Waals surface area (Å²) >= 11 is 4.83. The average Bonchev–Trinajstić information content (AvgIpc) is 3.44. The zero-order chi connectivity index (χ0) is 34.5. The molecule has 0 N–H and O–H groups in total. The summed E-state index contributed by atoms with van der Waals surface area (Å²) in [6, 6.07) is 28.9. The third-order valence-corrected chi connectivity index (χ3v) is 9.44. The fraction of sp³-hybridized carbons (Fsp3) is 0.158. The van der Waals surface area contributed by atoms with Gasteiger partial charge in [0.25, 0.3) is 5.56 Å². The van der Waals surface area contributed by atoms with Crippen molar-refractivity contribution in [1.29, 1.82) is 5.26 Å². The van der Waals surface area contributed by atoms with E-state index in [1.165, 1.54) is 18.4 Å². The van der Waals surface area contributed by atoms with Crippen LogP contribution in [0, 0.1) is 11.3 Å². The maximum atomic E-state index is 14.3. The van der Waals surface area contributed by atoms with Gasteiger partial charge in [0.05, 0.1) is 58.8 Å². The van der Waals surface area contributed by atoms with E-state index in [0.717, 1.165) is 11.1 Å². The molecule has 0 aliphatic carbocycles. The van der Waals surface area contributed by atoms with E-state index in [2.05, 4.69) is 22.0 Å². The first-order valence-corrected chi connectivity index (χ1v) is 16.9. The molecule has 0 radical (unpaired) electrons. The van der Waals surface area contributed by atoms with Gasteiger partial charge in [0, 0.05) is 11.1 Å². The van der Waals surface area contributed by atoms with Gasteiger partial charge in [0.2, 0.25) is 0 Å². The molecule has 1 atom stereocenters. The number of halogens is 1. The van der Waals surface area contributed by atoms with E-state index in [1.54, 1.807) is 55.0 Å². The lowest BCUT2D eigenvalue weighted by atomic mass is 9.93. The van der Waals surface area contributed by atoms with Crippen LogP contribution in [0.2, 0.25) is 0 Å². The molecule has 49 heavy (non-hydrogen) atoms. The highest BCUT2D eigenvalue weighted by Gasteiger charge is 2.35. The maximum Gasteiger partial charge on any atom is 0.338 e. The van der Waals surface area contributed by atoms with Crippen LogP contribution in [0.25, 0.3) is 11.8 Å². The van der Waals surface area contributed by atoms with Gasteiger partial charge in [-0.25, -0.2) is 9.79 Å². The predicted molar refractivity (Wildman–Crippen MR) is 190 cm³/mol. The molecule has 0 fully saturated rings. The van der Waals surface area contributed by atoms with E-state index >= 15 is 0 Å². The Morgan fingerprint density at radius 1 is 1.02 bits per heavy atom. The number of ether oxygens (including phenoxy) is 4. The number of benzene rings is 4. The Kier molecular flexibility index (Phi) is 10.1. The predicted octanol–water partition coefficient (Wildman–Crippen LogP) is 6.17. The number of hydrogen-bond acceptors (Lipinski definition) is 9. The monoisotopic (exact) mass is 735 g/mol. The average molecular weight is 737 g/mol. The standard InChI is InChI=1S/C38H30BrN3O6S/c1-4-47-37(44)32-33(24-10-6-5-7-11-24)41-38-42(34(32)25-14-16-28(45-2)17-15-25)36(43)31(49-38)20-23-18-29(39)35(30(19-23)46-3)48-22-27-13-9-8-12-26(27)21-40/h5-20,34H,4,22H2,1-3H3/b31-20-/t34-/m0/s1. The number of methoxy groups -OCH3 is 2. The first kappa shape index (κ1) is 33.5. The molecule has 1 aromatic heterocycles. The molecule has 246 valence electrons. The Morgan fingerprint density at radius 2 is 1.76 bits per heavy atom. The largest absolute Gasteiger partial charge is 0.497 e. The Labute approximate surface area is 294 Å². The second kappa shape index (κ2) is 14.8. The number of carbonyl (C=O) groups is 1. The van der Waals surface area contributed by atoms with Gasteiger partial charge in [0.1, 0.15) is 12.4 Å². The topological polar surface area (TPSA) is 112 Å². The van der Waals surface area contributed by atoms with E-state index in [9.17, 15) is 14.9 Å². The van der Waals surface area contributed by atoms with Crippen LogP contribution in [0.3, 0.4) is 0 Å². The zero-order valence-electron chi connectivity index (χ0n) is 26.8. The molecule has 0 unspecified atom stereocenters. The maximum absolute atomic E-state index is 14.3. The van der Waals surface area contributed by atoms with Gasteiger partial charge in [-0.15, -0.1) is 0 Å². The van der Waals surface area contributed by atoms with Crippen molar-refractivity contribution in [2.45, 2.75) is 19.6 Å². The Balaban J connectivity index is 1.49. The molecule has 11 heteroatoms. The number of rotatable bonds is 10. The molecule has 0 amide bonds. The fourth-order valence-electron chi connectivity index (χ4n) is 5.56. The van der Waals surface area contributed by atoms with Gasteiger partial charge in [-0.1, -0.05) is 72.0 Å². The molecular formula is C38H30BrN3O6S. The lowest BCUT2D eigenvalue weighted by Crippen LogP contribution is -2.40. The third-order valence-electron chi connectivity index (χ3n) is 7.86. The van der Waals surface area contributed by atoms with E-state index in [1.807, 2.05) is 60.7 Å². The summed E-state index contributed by atoms with van der Waals surface area (Å²) in [5, 5.41) is 9.46.